The third kappa shape index (κ3) is 4.50. The molecule has 0 spiro atoms. The number of halogens is 2. The molecule has 3 amide bonds. The van der Waals surface area contributed by atoms with Gasteiger partial charge in [0.1, 0.15) is 17.7 Å². The molecular weight excluding hydrogens is 398 g/mol. The lowest BCUT2D eigenvalue weighted by Gasteiger charge is -2.53. The summed E-state index contributed by atoms with van der Waals surface area (Å²) in [5.41, 5.74) is -0.845. The van der Waals surface area contributed by atoms with E-state index in [0.29, 0.717) is 19.4 Å². The molecule has 4 fully saturated rings. The summed E-state index contributed by atoms with van der Waals surface area (Å²) < 4.78 is 34.6. The van der Waals surface area contributed by atoms with Crippen molar-refractivity contribution >= 4 is 17.9 Å². The minimum Gasteiger partial charge on any atom is -0.444 e. The molecule has 4 rings (SSSR count). The Morgan fingerprint density at radius 1 is 1.37 bits per heavy atom. The van der Waals surface area contributed by atoms with E-state index >= 15 is 0 Å². The first kappa shape index (κ1) is 22.2. The zero-order valence-electron chi connectivity index (χ0n) is 17.4. The van der Waals surface area contributed by atoms with Gasteiger partial charge >= 0.3 is 6.09 Å². The number of rotatable bonds is 4. The molecule has 3 heterocycles. The van der Waals surface area contributed by atoms with Gasteiger partial charge in [0.15, 0.2) is 0 Å². The van der Waals surface area contributed by atoms with Crippen LogP contribution in [-0.2, 0) is 14.3 Å². The Hall–Kier alpha value is -2.44. The average molecular weight is 426 g/mol. The van der Waals surface area contributed by atoms with Crippen molar-refractivity contribution in [3.8, 4) is 6.07 Å². The molecule has 0 aromatic rings. The molecule has 0 aromatic heterocycles. The molecule has 1 aliphatic carbocycles. The molecular formula is C20H28F2N4O4. The van der Waals surface area contributed by atoms with Gasteiger partial charge in [0, 0.05) is 24.9 Å². The maximum Gasteiger partial charge on any atom is 0.411 e. The molecule has 0 radical (unpaired) electrons. The standard InChI is InChI=1S/C20H28F2N4O4/c1-19(2,3)30-18(29)26-13-4-5-14(20(21,22)9-13)15(26)17(28)25-12(10-23)8-11-6-7-24-16(11)27/h11-15H,4-9H2,1-3H3,(H,24,27)(H,25,28)/t11-,12-,13-,14-,15+/m0/s1. The Labute approximate surface area is 174 Å². The molecule has 0 aromatic carbocycles. The molecule has 2 N–H and O–H groups in total. The molecule has 0 unspecified atom stereocenters. The van der Waals surface area contributed by atoms with Crippen LogP contribution in [0.5, 0.6) is 0 Å². The molecule has 10 heteroatoms. The van der Waals surface area contributed by atoms with Crippen LogP contribution in [0.2, 0.25) is 0 Å². The number of hydrogen-bond acceptors (Lipinski definition) is 5. The Morgan fingerprint density at radius 3 is 2.60 bits per heavy atom. The highest BCUT2D eigenvalue weighted by molar-refractivity contribution is 5.87. The first-order valence-electron chi connectivity index (χ1n) is 10.3. The van der Waals surface area contributed by atoms with Crippen LogP contribution < -0.4 is 10.6 Å². The second-order valence-electron chi connectivity index (χ2n) is 9.34. The maximum atomic E-state index is 14.6. The smallest absolute Gasteiger partial charge is 0.411 e. The van der Waals surface area contributed by atoms with Crippen LogP contribution in [0.4, 0.5) is 13.6 Å². The van der Waals surface area contributed by atoms with Gasteiger partial charge in [0.2, 0.25) is 11.8 Å². The fourth-order valence-corrected chi connectivity index (χ4v) is 4.64. The third-order valence-electron chi connectivity index (χ3n) is 5.96. The van der Waals surface area contributed by atoms with E-state index in [2.05, 4.69) is 10.6 Å². The fraction of sp³-hybridized carbons (Fsp3) is 0.800. The minimum absolute atomic E-state index is 0.0950. The second kappa shape index (κ2) is 8.00. The highest BCUT2D eigenvalue weighted by Crippen LogP contribution is 2.49. The number of alkyl halides is 2. The van der Waals surface area contributed by atoms with Crippen molar-refractivity contribution < 1.29 is 27.9 Å². The number of amides is 3. The van der Waals surface area contributed by atoms with Crippen LogP contribution in [0.1, 0.15) is 52.9 Å². The van der Waals surface area contributed by atoms with E-state index in [0.717, 1.165) is 4.90 Å². The van der Waals surface area contributed by atoms with Crippen molar-refractivity contribution in [3.05, 3.63) is 0 Å². The van der Waals surface area contributed by atoms with Gasteiger partial charge in [-0.25, -0.2) is 13.6 Å². The number of nitriles is 1. The van der Waals surface area contributed by atoms with E-state index in [1.807, 2.05) is 6.07 Å². The summed E-state index contributed by atoms with van der Waals surface area (Å²) in [5.74, 6) is -5.84. The van der Waals surface area contributed by atoms with Crippen LogP contribution in [0, 0.1) is 23.2 Å². The molecule has 3 aliphatic heterocycles. The van der Waals surface area contributed by atoms with Crippen LogP contribution in [0.15, 0.2) is 0 Å². The van der Waals surface area contributed by atoms with Gasteiger partial charge < -0.3 is 15.4 Å². The first-order valence-corrected chi connectivity index (χ1v) is 10.3. The Morgan fingerprint density at radius 2 is 2.07 bits per heavy atom. The zero-order chi connectivity index (χ0) is 22.3. The number of nitrogens with one attached hydrogen (secondary N) is 2. The molecule has 166 valence electrons. The summed E-state index contributed by atoms with van der Waals surface area (Å²) in [7, 11) is 0. The predicted octanol–water partition coefficient (Wildman–Crippen LogP) is 1.94. The largest absolute Gasteiger partial charge is 0.444 e. The van der Waals surface area contributed by atoms with Gasteiger partial charge in [-0.05, 0) is 46.5 Å². The lowest BCUT2D eigenvalue weighted by atomic mass is 9.71. The van der Waals surface area contributed by atoms with Gasteiger partial charge in [-0.3, -0.25) is 14.5 Å². The molecule has 4 aliphatic rings. The van der Waals surface area contributed by atoms with Crippen LogP contribution >= 0.6 is 0 Å². The summed E-state index contributed by atoms with van der Waals surface area (Å²) >= 11 is 0. The third-order valence-corrected chi connectivity index (χ3v) is 5.96. The van der Waals surface area contributed by atoms with Gasteiger partial charge in [-0.2, -0.15) is 5.26 Å². The van der Waals surface area contributed by atoms with E-state index in [4.69, 9.17) is 4.74 Å². The number of ether oxygens (including phenoxy) is 1. The summed E-state index contributed by atoms with van der Waals surface area (Å²) in [6.07, 6.45) is -0.202. The van der Waals surface area contributed by atoms with Crippen molar-refractivity contribution in [2.24, 2.45) is 11.8 Å². The lowest BCUT2D eigenvalue weighted by molar-refractivity contribution is -0.184. The van der Waals surface area contributed by atoms with E-state index in [9.17, 15) is 28.4 Å². The summed E-state index contributed by atoms with van der Waals surface area (Å²) in [6.45, 7) is 5.49. The SMILES string of the molecule is CC(C)(C)OC(=O)N1[C@H]2CC[C@@H]([C@@H]1C(=O)N[C@H](C#N)C[C@@H]1CCNC1=O)C(F)(F)C2. The Kier molecular flexibility index (Phi) is 5.94. The average Bonchev–Trinajstić information content (AvgIpc) is 3.02. The number of hydrogen-bond donors (Lipinski definition) is 2. The van der Waals surface area contributed by atoms with E-state index < -0.39 is 59.9 Å². The van der Waals surface area contributed by atoms with Crippen molar-refractivity contribution in [2.75, 3.05) is 6.54 Å². The zero-order valence-corrected chi connectivity index (χ0v) is 17.4. The topological polar surface area (TPSA) is 112 Å². The van der Waals surface area contributed by atoms with E-state index in [1.165, 1.54) is 0 Å². The Balaban J connectivity index is 1.79. The molecule has 2 bridgehead atoms. The summed E-state index contributed by atoms with van der Waals surface area (Å²) in [4.78, 5) is 38.7. The van der Waals surface area contributed by atoms with Crippen LogP contribution in [0.3, 0.4) is 0 Å². The quantitative estimate of drug-likeness (QED) is 0.714. The van der Waals surface area contributed by atoms with Gasteiger partial charge in [-0.15, -0.1) is 0 Å². The molecule has 3 saturated heterocycles. The number of nitrogens with zero attached hydrogens (tertiary/aromatic N) is 2. The summed E-state index contributed by atoms with van der Waals surface area (Å²) in [6, 6.07) is -1.31. The molecule has 1 saturated carbocycles. The van der Waals surface area contributed by atoms with Crippen molar-refractivity contribution in [1.82, 2.24) is 15.5 Å². The van der Waals surface area contributed by atoms with Crippen molar-refractivity contribution in [2.45, 2.75) is 82.5 Å². The Bertz CT molecular complexity index is 761. The summed E-state index contributed by atoms with van der Waals surface area (Å²) in [5, 5.41) is 14.6. The minimum atomic E-state index is -3.09. The normalized spacial score (nSPS) is 30.9. The predicted molar refractivity (Wildman–Crippen MR) is 101 cm³/mol. The van der Waals surface area contributed by atoms with Gasteiger partial charge in [-0.1, -0.05) is 0 Å². The highest BCUT2D eigenvalue weighted by Gasteiger charge is 2.61. The van der Waals surface area contributed by atoms with E-state index in [-0.39, 0.29) is 18.7 Å². The maximum absolute atomic E-state index is 14.6. The van der Waals surface area contributed by atoms with Gasteiger partial charge in [0.25, 0.3) is 5.92 Å². The second-order valence-corrected chi connectivity index (χ2v) is 9.34. The molecule has 8 nitrogen and oxygen atoms in total. The first-order chi connectivity index (χ1) is 13.9. The fourth-order valence-electron chi connectivity index (χ4n) is 4.64. The molecule has 5 atom stereocenters. The number of piperidine rings is 2. The van der Waals surface area contributed by atoms with Crippen LogP contribution in [-0.4, -0.2) is 59.0 Å². The van der Waals surface area contributed by atoms with Crippen LogP contribution in [0.25, 0.3) is 0 Å². The molecule has 30 heavy (non-hydrogen) atoms. The monoisotopic (exact) mass is 426 g/mol. The lowest BCUT2D eigenvalue weighted by Crippen LogP contribution is -2.69. The van der Waals surface area contributed by atoms with E-state index in [1.54, 1.807) is 20.8 Å². The van der Waals surface area contributed by atoms with Gasteiger partial charge in [0.05, 0.1) is 12.0 Å². The number of carbonyl (C=O) groups excluding carboxylic acids is 3. The highest BCUT2D eigenvalue weighted by atomic mass is 19.3. The van der Waals surface area contributed by atoms with Crippen molar-refractivity contribution in [1.29, 1.82) is 5.26 Å². The van der Waals surface area contributed by atoms with Crippen molar-refractivity contribution in [3.63, 3.8) is 0 Å². The number of fused-ring (bicyclic) bond motifs is 3. The number of carbonyl (C=O) groups is 3.